The quantitative estimate of drug-likeness (QED) is 0.805. The zero-order valence-corrected chi connectivity index (χ0v) is 10.8. The molecule has 1 atom stereocenters. The Labute approximate surface area is 107 Å². The largest absolute Gasteiger partial charge is 0.321 e. The summed E-state index contributed by atoms with van der Waals surface area (Å²) in [4.78, 5) is 25.1. The lowest BCUT2D eigenvalue weighted by atomic mass is 9.96. The van der Waals surface area contributed by atoms with Crippen LogP contribution >= 0.6 is 0 Å². The molecule has 96 valence electrons. The summed E-state index contributed by atoms with van der Waals surface area (Å²) in [5, 5.41) is 0. The van der Waals surface area contributed by atoms with Gasteiger partial charge in [-0.3, -0.25) is 9.59 Å². The molecule has 0 saturated carbocycles. The Kier molecular flexibility index (Phi) is 3.48. The van der Waals surface area contributed by atoms with E-state index in [0.717, 1.165) is 30.6 Å². The third kappa shape index (κ3) is 2.29. The Morgan fingerprint density at radius 1 is 1.39 bits per heavy atom. The van der Waals surface area contributed by atoms with Crippen LogP contribution in [0.5, 0.6) is 0 Å². The normalized spacial score (nSPS) is 16.1. The van der Waals surface area contributed by atoms with Crippen molar-refractivity contribution in [1.82, 2.24) is 0 Å². The molecule has 2 rings (SSSR count). The van der Waals surface area contributed by atoms with Crippen LogP contribution in [-0.4, -0.2) is 24.3 Å². The van der Waals surface area contributed by atoms with Gasteiger partial charge in [-0.1, -0.05) is 0 Å². The van der Waals surface area contributed by atoms with Crippen molar-refractivity contribution in [3.63, 3.8) is 0 Å². The van der Waals surface area contributed by atoms with Gasteiger partial charge < -0.3 is 10.6 Å². The second-order valence-electron chi connectivity index (χ2n) is 4.77. The minimum atomic E-state index is -0.490. The van der Waals surface area contributed by atoms with Crippen LogP contribution in [0.1, 0.15) is 36.2 Å². The predicted molar refractivity (Wildman–Crippen MR) is 70.8 cm³/mol. The predicted octanol–water partition coefficient (Wildman–Crippen LogP) is 1.52. The van der Waals surface area contributed by atoms with Gasteiger partial charge in [-0.25, -0.2) is 0 Å². The van der Waals surface area contributed by atoms with Crippen molar-refractivity contribution >= 4 is 17.4 Å². The number of rotatable bonds is 2. The molecule has 1 heterocycles. The lowest BCUT2D eigenvalue weighted by molar-refractivity contribution is -0.116. The summed E-state index contributed by atoms with van der Waals surface area (Å²) in [6, 6.07) is 4.99. The summed E-state index contributed by atoms with van der Waals surface area (Å²) < 4.78 is 0. The molecule has 1 aromatic rings. The number of Topliss-reactive ketones (excluding diaryl/α,β-unsaturated/α-hetero) is 1. The second-order valence-corrected chi connectivity index (χ2v) is 4.77. The van der Waals surface area contributed by atoms with Gasteiger partial charge in [-0.15, -0.1) is 0 Å². The van der Waals surface area contributed by atoms with Gasteiger partial charge in [0.1, 0.15) is 0 Å². The number of carbonyl (C=O) groups is 2. The molecule has 0 aromatic heterocycles. The number of hydrogen-bond donors (Lipinski definition) is 1. The van der Waals surface area contributed by atoms with Gasteiger partial charge in [0.25, 0.3) is 0 Å². The zero-order valence-electron chi connectivity index (χ0n) is 10.8. The maximum atomic E-state index is 11.8. The van der Waals surface area contributed by atoms with Crippen molar-refractivity contribution in [1.29, 1.82) is 0 Å². The molecule has 0 aliphatic carbocycles. The minimum Gasteiger partial charge on any atom is -0.321 e. The van der Waals surface area contributed by atoms with Gasteiger partial charge in [0, 0.05) is 24.7 Å². The topological polar surface area (TPSA) is 63.4 Å². The van der Waals surface area contributed by atoms with E-state index in [1.54, 1.807) is 24.8 Å². The van der Waals surface area contributed by atoms with E-state index in [9.17, 15) is 9.59 Å². The van der Waals surface area contributed by atoms with E-state index < -0.39 is 6.04 Å². The van der Waals surface area contributed by atoms with Crippen LogP contribution in [0.3, 0.4) is 0 Å². The average molecular weight is 246 g/mol. The number of fused-ring (bicyclic) bond motifs is 1. The number of ketones is 1. The fraction of sp³-hybridized carbons (Fsp3) is 0.429. The third-order valence-electron chi connectivity index (χ3n) is 3.28. The molecule has 1 aromatic carbocycles. The molecular weight excluding hydrogens is 228 g/mol. The molecule has 18 heavy (non-hydrogen) atoms. The van der Waals surface area contributed by atoms with Crippen molar-refractivity contribution in [2.24, 2.45) is 5.73 Å². The lowest BCUT2D eigenvalue weighted by Gasteiger charge is -2.28. The Hall–Kier alpha value is -1.68. The van der Waals surface area contributed by atoms with E-state index in [-0.39, 0.29) is 11.7 Å². The third-order valence-corrected chi connectivity index (χ3v) is 3.28. The van der Waals surface area contributed by atoms with Crippen molar-refractivity contribution in [3.8, 4) is 0 Å². The van der Waals surface area contributed by atoms with Crippen molar-refractivity contribution in [3.05, 3.63) is 29.3 Å². The summed E-state index contributed by atoms with van der Waals surface area (Å²) in [7, 11) is 0. The number of benzene rings is 1. The molecule has 1 amide bonds. The first-order valence-corrected chi connectivity index (χ1v) is 6.21. The van der Waals surface area contributed by atoms with Crippen LogP contribution in [0.4, 0.5) is 5.69 Å². The van der Waals surface area contributed by atoms with Crippen LogP contribution in [-0.2, 0) is 11.2 Å². The van der Waals surface area contributed by atoms with Crippen molar-refractivity contribution in [2.45, 2.75) is 32.7 Å². The molecule has 4 nitrogen and oxygen atoms in total. The van der Waals surface area contributed by atoms with Gasteiger partial charge in [0.15, 0.2) is 5.78 Å². The van der Waals surface area contributed by atoms with E-state index in [0.29, 0.717) is 5.56 Å². The summed E-state index contributed by atoms with van der Waals surface area (Å²) in [6.07, 6.45) is 1.83. The lowest BCUT2D eigenvalue weighted by Crippen LogP contribution is -2.34. The van der Waals surface area contributed by atoms with E-state index in [2.05, 4.69) is 0 Å². The molecule has 0 spiro atoms. The number of nitrogens with two attached hydrogens (primary N) is 1. The number of anilines is 1. The van der Waals surface area contributed by atoms with Gasteiger partial charge in [-0.2, -0.15) is 0 Å². The summed E-state index contributed by atoms with van der Waals surface area (Å²) in [5.74, 6) is -0.0139. The van der Waals surface area contributed by atoms with Gasteiger partial charge in [0.05, 0.1) is 6.04 Å². The van der Waals surface area contributed by atoms with Gasteiger partial charge in [-0.05, 0) is 43.5 Å². The highest BCUT2D eigenvalue weighted by molar-refractivity contribution is 6.01. The molecule has 2 N–H and O–H groups in total. The standard InChI is InChI=1S/C14H18N2O2/c1-9(15)14(18)12-5-6-13-11(8-12)4-3-7-16(13)10(2)17/h5-6,8-9H,3-4,7,15H2,1-2H3. The van der Waals surface area contributed by atoms with Crippen LogP contribution < -0.4 is 10.6 Å². The second kappa shape index (κ2) is 4.90. The number of hydrogen-bond acceptors (Lipinski definition) is 3. The molecule has 0 fully saturated rings. The Morgan fingerprint density at radius 2 is 2.11 bits per heavy atom. The van der Waals surface area contributed by atoms with E-state index in [1.165, 1.54) is 0 Å². The van der Waals surface area contributed by atoms with Crippen LogP contribution in [0, 0.1) is 0 Å². The van der Waals surface area contributed by atoms with E-state index in [1.807, 2.05) is 12.1 Å². The van der Waals surface area contributed by atoms with Crippen LogP contribution in [0.15, 0.2) is 18.2 Å². The first kappa shape index (κ1) is 12.8. The highest BCUT2D eigenvalue weighted by Crippen LogP contribution is 2.28. The maximum Gasteiger partial charge on any atom is 0.223 e. The Balaban J connectivity index is 2.38. The highest BCUT2D eigenvalue weighted by atomic mass is 16.2. The summed E-state index contributed by atoms with van der Waals surface area (Å²) >= 11 is 0. The zero-order chi connectivity index (χ0) is 13.3. The number of amides is 1. The number of aryl methyl sites for hydroxylation is 1. The SMILES string of the molecule is CC(=O)N1CCCc2cc(C(=O)C(C)N)ccc21. The first-order chi connectivity index (χ1) is 8.50. The summed E-state index contributed by atoms with van der Waals surface area (Å²) in [6.45, 7) is 4.00. The van der Waals surface area contributed by atoms with Crippen LogP contribution in [0.25, 0.3) is 0 Å². The monoisotopic (exact) mass is 246 g/mol. The average Bonchev–Trinajstić information content (AvgIpc) is 2.36. The van der Waals surface area contributed by atoms with Crippen molar-refractivity contribution in [2.75, 3.05) is 11.4 Å². The highest BCUT2D eigenvalue weighted by Gasteiger charge is 2.21. The Morgan fingerprint density at radius 3 is 2.72 bits per heavy atom. The maximum absolute atomic E-state index is 11.8. The molecule has 1 aliphatic heterocycles. The number of carbonyl (C=O) groups excluding carboxylic acids is 2. The molecule has 1 unspecified atom stereocenters. The molecule has 1 aliphatic rings. The van der Waals surface area contributed by atoms with E-state index >= 15 is 0 Å². The van der Waals surface area contributed by atoms with Crippen molar-refractivity contribution < 1.29 is 9.59 Å². The minimum absolute atomic E-state index is 0.0437. The first-order valence-electron chi connectivity index (χ1n) is 6.21. The smallest absolute Gasteiger partial charge is 0.223 e. The molecular formula is C14H18N2O2. The fourth-order valence-electron chi connectivity index (χ4n) is 2.34. The van der Waals surface area contributed by atoms with Crippen LogP contribution in [0.2, 0.25) is 0 Å². The van der Waals surface area contributed by atoms with Gasteiger partial charge >= 0.3 is 0 Å². The van der Waals surface area contributed by atoms with E-state index in [4.69, 9.17) is 5.73 Å². The Bertz CT molecular complexity index is 495. The van der Waals surface area contributed by atoms with Gasteiger partial charge in [0.2, 0.25) is 5.91 Å². The molecule has 4 heteroatoms. The molecule has 0 saturated heterocycles. The fourth-order valence-corrected chi connectivity index (χ4v) is 2.34. The molecule has 0 bridgehead atoms. The molecule has 0 radical (unpaired) electrons. The summed E-state index contributed by atoms with van der Waals surface area (Å²) in [5.41, 5.74) is 8.22. The number of nitrogens with zero attached hydrogens (tertiary/aromatic N) is 1.